The Morgan fingerprint density at radius 2 is 1.57 bits per heavy atom. The van der Waals surface area contributed by atoms with Crippen LogP contribution in [-0.4, -0.2) is 11.8 Å². The summed E-state index contributed by atoms with van der Waals surface area (Å²) in [5.74, 6) is -0.302. The summed E-state index contributed by atoms with van der Waals surface area (Å²) in [4.78, 5) is 23.2. The van der Waals surface area contributed by atoms with Crippen molar-refractivity contribution in [2.24, 2.45) is 0 Å². The number of carbonyl (C=O) groups is 2. The van der Waals surface area contributed by atoms with Crippen LogP contribution in [0, 0.1) is 3.57 Å². The van der Waals surface area contributed by atoms with E-state index in [2.05, 4.69) is 49.2 Å². The first kappa shape index (κ1) is 16.0. The summed E-state index contributed by atoms with van der Waals surface area (Å²) in [6, 6.07) is 12.5. The molecule has 2 N–H and O–H groups in total. The van der Waals surface area contributed by atoms with Gasteiger partial charge in [0.2, 0.25) is 5.91 Å². The van der Waals surface area contributed by atoms with Gasteiger partial charge in [-0.3, -0.25) is 9.59 Å². The molecule has 2 amide bonds. The first-order valence-corrected chi connectivity index (χ1v) is 7.97. The summed E-state index contributed by atoms with van der Waals surface area (Å²) in [5.41, 5.74) is 1.97. The van der Waals surface area contributed by atoms with E-state index >= 15 is 0 Å². The van der Waals surface area contributed by atoms with E-state index in [1.807, 2.05) is 12.1 Å². The molecule has 0 bridgehead atoms. The Kier molecular flexibility index (Phi) is 5.35. The Labute approximate surface area is 144 Å². The zero-order chi connectivity index (χ0) is 15.4. The van der Waals surface area contributed by atoms with Crippen LogP contribution < -0.4 is 10.6 Å². The van der Waals surface area contributed by atoms with Crippen LogP contribution in [0.3, 0.4) is 0 Å². The molecule has 0 aliphatic carbocycles. The Morgan fingerprint density at radius 1 is 1.00 bits per heavy atom. The van der Waals surface area contributed by atoms with Gasteiger partial charge in [-0.2, -0.15) is 0 Å². The average molecular weight is 459 g/mol. The molecule has 0 atom stereocenters. The molecule has 2 aromatic carbocycles. The number of halogens is 2. The highest BCUT2D eigenvalue weighted by molar-refractivity contribution is 14.1. The molecule has 0 aliphatic rings. The van der Waals surface area contributed by atoms with E-state index in [1.54, 1.807) is 30.3 Å². The normalized spacial score (nSPS) is 10.0. The van der Waals surface area contributed by atoms with Crippen LogP contribution in [0.2, 0.25) is 0 Å². The van der Waals surface area contributed by atoms with Crippen molar-refractivity contribution >= 4 is 61.7 Å². The van der Waals surface area contributed by atoms with E-state index in [4.69, 9.17) is 0 Å². The van der Waals surface area contributed by atoms with Gasteiger partial charge in [-0.05, 0) is 65.1 Å². The van der Waals surface area contributed by atoms with Gasteiger partial charge in [0.25, 0.3) is 5.91 Å². The predicted molar refractivity (Wildman–Crippen MR) is 95.6 cm³/mol. The van der Waals surface area contributed by atoms with Gasteiger partial charge >= 0.3 is 0 Å². The molecule has 21 heavy (non-hydrogen) atoms. The third kappa shape index (κ3) is 4.53. The summed E-state index contributed by atoms with van der Waals surface area (Å²) in [6.45, 7) is 1.45. The topological polar surface area (TPSA) is 58.2 Å². The Morgan fingerprint density at radius 3 is 2.14 bits per heavy atom. The van der Waals surface area contributed by atoms with E-state index in [9.17, 15) is 9.59 Å². The molecule has 0 aliphatic heterocycles. The average Bonchev–Trinajstić information content (AvgIpc) is 2.43. The Bertz CT molecular complexity index is 687. The van der Waals surface area contributed by atoms with Gasteiger partial charge in [-0.25, -0.2) is 0 Å². The second-order valence-corrected chi connectivity index (χ2v) is 6.41. The third-order valence-corrected chi connectivity index (χ3v) is 4.07. The molecule has 2 aromatic rings. The van der Waals surface area contributed by atoms with E-state index < -0.39 is 0 Å². The highest BCUT2D eigenvalue weighted by Gasteiger charge is 2.10. The van der Waals surface area contributed by atoms with Crippen LogP contribution in [0.15, 0.2) is 46.9 Å². The molecule has 0 saturated heterocycles. The molecule has 0 unspecified atom stereocenters. The molecular formula is C15H12BrIN2O2. The lowest BCUT2D eigenvalue weighted by atomic mass is 10.2. The van der Waals surface area contributed by atoms with Gasteiger partial charge in [0, 0.05) is 26.3 Å². The SMILES string of the molecule is CC(=O)Nc1ccc(NC(=O)c2cc(Br)ccc2I)cc1. The summed E-state index contributed by atoms with van der Waals surface area (Å²) in [7, 11) is 0. The fourth-order valence-electron chi connectivity index (χ4n) is 1.71. The predicted octanol–water partition coefficient (Wildman–Crippen LogP) is 4.26. The number of amides is 2. The molecular weight excluding hydrogens is 447 g/mol. The van der Waals surface area contributed by atoms with Crippen molar-refractivity contribution in [1.29, 1.82) is 0 Å². The first-order chi connectivity index (χ1) is 9.95. The molecule has 2 rings (SSSR count). The molecule has 6 heteroatoms. The molecule has 0 saturated carbocycles. The van der Waals surface area contributed by atoms with Crippen molar-refractivity contribution in [3.63, 3.8) is 0 Å². The molecule has 0 radical (unpaired) electrons. The van der Waals surface area contributed by atoms with E-state index in [1.165, 1.54) is 6.92 Å². The summed E-state index contributed by atoms with van der Waals surface area (Å²) in [6.07, 6.45) is 0. The number of nitrogens with one attached hydrogen (secondary N) is 2. The second-order valence-electron chi connectivity index (χ2n) is 4.34. The largest absolute Gasteiger partial charge is 0.326 e. The quantitative estimate of drug-likeness (QED) is 0.675. The standard InChI is InChI=1S/C15H12BrIN2O2/c1-9(20)18-11-3-5-12(6-4-11)19-15(21)13-8-10(16)2-7-14(13)17/h2-8H,1H3,(H,18,20)(H,19,21). The Balaban J connectivity index is 2.12. The van der Waals surface area contributed by atoms with Crippen LogP contribution in [0.25, 0.3) is 0 Å². The molecule has 4 nitrogen and oxygen atoms in total. The lowest BCUT2D eigenvalue weighted by Gasteiger charge is -2.08. The van der Waals surface area contributed by atoms with Crippen molar-refractivity contribution < 1.29 is 9.59 Å². The van der Waals surface area contributed by atoms with Gasteiger partial charge in [-0.1, -0.05) is 15.9 Å². The maximum atomic E-state index is 12.2. The smallest absolute Gasteiger partial charge is 0.256 e. The Hall–Kier alpha value is -1.41. The van der Waals surface area contributed by atoms with Crippen LogP contribution in [-0.2, 0) is 4.79 Å². The maximum Gasteiger partial charge on any atom is 0.256 e. The van der Waals surface area contributed by atoms with E-state index in [0.717, 1.165) is 8.04 Å². The lowest BCUT2D eigenvalue weighted by Crippen LogP contribution is -2.13. The van der Waals surface area contributed by atoms with Crippen molar-refractivity contribution in [1.82, 2.24) is 0 Å². The van der Waals surface area contributed by atoms with Crippen molar-refractivity contribution in [3.05, 3.63) is 56.1 Å². The van der Waals surface area contributed by atoms with Gasteiger partial charge in [-0.15, -0.1) is 0 Å². The van der Waals surface area contributed by atoms with Gasteiger partial charge in [0.15, 0.2) is 0 Å². The van der Waals surface area contributed by atoms with Crippen LogP contribution in [0.5, 0.6) is 0 Å². The summed E-state index contributed by atoms with van der Waals surface area (Å²) in [5, 5.41) is 5.50. The van der Waals surface area contributed by atoms with E-state index in [-0.39, 0.29) is 11.8 Å². The number of hydrogen-bond donors (Lipinski definition) is 2. The van der Waals surface area contributed by atoms with Gasteiger partial charge in [0.05, 0.1) is 5.56 Å². The molecule has 0 heterocycles. The highest BCUT2D eigenvalue weighted by Crippen LogP contribution is 2.20. The molecule has 0 fully saturated rings. The minimum atomic E-state index is -0.173. The van der Waals surface area contributed by atoms with Crippen LogP contribution >= 0.6 is 38.5 Å². The number of rotatable bonds is 3. The minimum absolute atomic E-state index is 0.129. The van der Waals surface area contributed by atoms with Crippen molar-refractivity contribution in [2.75, 3.05) is 10.6 Å². The van der Waals surface area contributed by atoms with Crippen LogP contribution in [0.1, 0.15) is 17.3 Å². The molecule has 0 spiro atoms. The van der Waals surface area contributed by atoms with Crippen molar-refractivity contribution in [2.45, 2.75) is 6.92 Å². The fraction of sp³-hybridized carbons (Fsp3) is 0.0667. The number of anilines is 2. The maximum absolute atomic E-state index is 12.2. The summed E-state index contributed by atoms with van der Waals surface area (Å²) >= 11 is 5.48. The monoisotopic (exact) mass is 458 g/mol. The lowest BCUT2D eigenvalue weighted by molar-refractivity contribution is -0.114. The van der Waals surface area contributed by atoms with Crippen molar-refractivity contribution in [3.8, 4) is 0 Å². The third-order valence-electron chi connectivity index (χ3n) is 2.64. The number of benzene rings is 2. The second kappa shape index (κ2) is 7.04. The molecule has 108 valence electrons. The van der Waals surface area contributed by atoms with Gasteiger partial charge < -0.3 is 10.6 Å². The summed E-state index contributed by atoms with van der Waals surface area (Å²) < 4.78 is 1.73. The number of carbonyl (C=O) groups excluding carboxylic acids is 2. The molecule has 0 aromatic heterocycles. The van der Waals surface area contributed by atoms with E-state index in [0.29, 0.717) is 16.9 Å². The minimum Gasteiger partial charge on any atom is -0.326 e. The first-order valence-electron chi connectivity index (χ1n) is 6.10. The van der Waals surface area contributed by atoms with Crippen LogP contribution in [0.4, 0.5) is 11.4 Å². The number of hydrogen-bond acceptors (Lipinski definition) is 2. The zero-order valence-corrected chi connectivity index (χ0v) is 14.9. The fourth-order valence-corrected chi connectivity index (χ4v) is 2.65. The van der Waals surface area contributed by atoms with Gasteiger partial charge in [0.1, 0.15) is 0 Å². The highest BCUT2D eigenvalue weighted by atomic mass is 127. The zero-order valence-electron chi connectivity index (χ0n) is 11.1.